The molecule has 0 aliphatic carbocycles. The number of amides is 1. The van der Waals surface area contributed by atoms with E-state index in [0.717, 1.165) is 11.5 Å². The van der Waals surface area contributed by atoms with E-state index < -0.39 is 0 Å². The molecule has 2 aromatic rings. The van der Waals surface area contributed by atoms with E-state index in [4.69, 9.17) is 9.47 Å². The first-order chi connectivity index (χ1) is 11.2. The van der Waals surface area contributed by atoms with Crippen LogP contribution in [0.3, 0.4) is 0 Å². The van der Waals surface area contributed by atoms with E-state index in [0.29, 0.717) is 31.1 Å². The minimum absolute atomic E-state index is 0.0926. The molecule has 0 spiro atoms. The van der Waals surface area contributed by atoms with Gasteiger partial charge in [-0.05, 0) is 19.1 Å². The van der Waals surface area contributed by atoms with Crippen LogP contribution in [0.15, 0.2) is 24.5 Å². The third kappa shape index (κ3) is 2.68. The molecule has 0 fully saturated rings. The molecular weight excluding hydrogens is 296 g/mol. The smallest absolute Gasteiger partial charge is 0.260 e. The molecule has 2 aromatic heterocycles. The van der Waals surface area contributed by atoms with Crippen molar-refractivity contribution in [2.45, 2.75) is 26.1 Å². The first kappa shape index (κ1) is 15.5. The average Bonchev–Trinajstić information content (AvgIpc) is 2.99. The summed E-state index contributed by atoms with van der Waals surface area (Å²) in [7, 11) is 3.18. The Morgan fingerprint density at radius 3 is 2.91 bits per heavy atom. The van der Waals surface area contributed by atoms with E-state index >= 15 is 0 Å². The van der Waals surface area contributed by atoms with Gasteiger partial charge in [0.25, 0.3) is 5.91 Å². The SMILES string of the molecule is COCc1cnc2n1CCN(C(=O)c1cccnc1OC)C2C. The van der Waals surface area contributed by atoms with Crippen LogP contribution in [0.4, 0.5) is 0 Å². The Labute approximate surface area is 134 Å². The summed E-state index contributed by atoms with van der Waals surface area (Å²) in [5, 5.41) is 0. The van der Waals surface area contributed by atoms with Crippen LogP contribution in [0.25, 0.3) is 0 Å². The number of hydrogen-bond acceptors (Lipinski definition) is 5. The maximum Gasteiger partial charge on any atom is 0.260 e. The topological polar surface area (TPSA) is 69.5 Å². The molecule has 3 rings (SSSR count). The molecule has 0 saturated carbocycles. The summed E-state index contributed by atoms with van der Waals surface area (Å²) in [6, 6.07) is 3.35. The standard InChI is InChI=1S/C16H20N4O3/c1-11-14-18-9-12(10-22-2)20(14)8-7-19(11)16(21)13-5-4-6-17-15(13)23-3/h4-6,9,11H,7-8,10H2,1-3H3. The highest BCUT2D eigenvalue weighted by Crippen LogP contribution is 2.28. The third-order valence-electron chi connectivity index (χ3n) is 4.12. The van der Waals surface area contributed by atoms with Gasteiger partial charge >= 0.3 is 0 Å². The zero-order chi connectivity index (χ0) is 16.4. The minimum Gasteiger partial charge on any atom is -0.480 e. The highest BCUT2D eigenvalue weighted by Gasteiger charge is 2.32. The molecule has 0 bridgehead atoms. The lowest BCUT2D eigenvalue weighted by Gasteiger charge is -2.34. The summed E-state index contributed by atoms with van der Waals surface area (Å²) < 4.78 is 12.5. The molecule has 1 amide bonds. The fraction of sp³-hybridized carbons (Fsp3) is 0.438. The summed E-state index contributed by atoms with van der Waals surface area (Å²) in [6.45, 7) is 3.81. The number of rotatable bonds is 4. The Morgan fingerprint density at radius 2 is 2.17 bits per heavy atom. The minimum atomic E-state index is -0.119. The molecule has 0 aromatic carbocycles. The number of hydrogen-bond donors (Lipinski definition) is 0. The highest BCUT2D eigenvalue weighted by atomic mass is 16.5. The third-order valence-corrected chi connectivity index (χ3v) is 4.12. The van der Waals surface area contributed by atoms with E-state index in [1.165, 1.54) is 7.11 Å². The van der Waals surface area contributed by atoms with E-state index in [9.17, 15) is 4.79 Å². The lowest BCUT2D eigenvalue weighted by molar-refractivity contribution is 0.0628. The number of ether oxygens (including phenoxy) is 2. The molecule has 0 radical (unpaired) electrons. The largest absolute Gasteiger partial charge is 0.480 e. The van der Waals surface area contributed by atoms with E-state index in [-0.39, 0.29) is 11.9 Å². The van der Waals surface area contributed by atoms with Crippen LogP contribution in [0.5, 0.6) is 5.88 Å². The number of methoxy groups -OCH3 is 2. The van der Waals surface area contributed by atoms with Crippen molar-refractivity contribution < 1.29 is 14.3 Å². The van der Waals surface area contributed by atoms with E-state index in [2.05, 4.69) is 14.5 Å². The Kier molecular flexibility index (Phi) is 4.29. The van der Waals surface area contributed by atoms with Crippen molar-refractivity contribution in [3.63, 3.8) is 0 Å². The van der Waals surface area contributed by atoms with Crippen molar-refractivity contribution in [1.29, 1.82) is 0 Å². The van der Waals surface area contributed by atoms with Crippen LogP contribution in [0, 0.1) is 0 Å². The molecule has 0 saturated heterocycles. The summed E-state index contributed by atoms with van der Waals surface area (Å²) in [4.78, 5) is 23.3. The Bertz CT molecular complexity index is 713. The van der Waals surface area contributed by atoms with Gasteiger partial charge in [-0.25, -0.2) is 9.97 Å². The van der Waals surface area contributed by atoms with Crippen LogP contribution >= 0.6 is 0 Å². The molecular formula is C16H20N4O3. The first-order valence-electron chi connectivity index (χ1n) is 7.50. The molecule has 23 heavy (non-hydrogen) atoms. The highest BCUT2D eigenvalue weighted by molar-refractivity contribution is 5.96. The monoisotopic (exact) mass is 316 g/mol. The molecule has 1 aliphatic heterocycles. The van der Waals surface area contributed by atoms with Gasteiger partial charge in [0, 0.05) is 26.4 Å². The van der Waals surface area contributed by atoms with Gasteiger partial charge in [0.1, 0.15) is 11.4 Å². The van der Waals surface area contributed by atoms with Gasteiger partial charge in [0.15, 0.2) is 0 Å². The fourth-order valence-corrected chi connectivity index (χ4v) is 2.97. The normalized spacial score (nSPS) is 17.0. The molecule has 0 N–H and O–H groups in total. The van der Waals surface area contributed by atoms with Gasteiger partial charge in [-0.1, -0.05) is 0 Å². The zero-order valence-electron chi connectivity index (χ0n) is 13.5. The van der Waals surface area contributed by atoms with Gasteiger partial charge in [-0.2, -0.15) is 0 Å². The number of nitrogens with zero attached hydrogens (tertiary/aromatic N) is 4. The van der Waals surface area contributed by atoms with Crippen LogP contribution in [-0.4, -0.2) is 46.1 Å². The summed E-state index contributed by atoms with van der Waals surface area (Å²) in [6.07, 6.45) is 3.42. The molecule has 122 valence electrons. The number of imidazole rings is 1. The molecule has 1 atom stereocenters. The quantitative estimate of drug-likeness (QED) is 0.858. The van der Waals surface area contributed by atoms with Crippen molar-refractivity contribution in [2.24, 2.45) is 0 Å². The second-order valence-electron chi connectivity index (χ2n) is 5.43. The Balaban J connectivity index is 1.88. The molecule has 7 nitrogen and oxygen atoms in total. The predicted octanol–water partition coefficient (Wildman–Crippen LogP) is 1.65. The van der Waals surface area contributed by atoms with Gasteiger partial charge in [0.05, 0.1) is 31.6 Å². The summed E-state index contributed by atoms with van der Waals surface area (Å²) in [5.74, 6) is 1.13. The van der Waals surface area contributed by atoms with Crippen molar-refractivity contribution >= 4 is 5.91 Å². The zero-order valence-corrected chi connectivity index (χ0v) is 13.5. The van der Waals surface area contributed by atoms with Gasteiger partial charge < -0.3 is 18.9 Å². The molecule has 7 heteroatoms. The van der Waals surface area contributed by atoms with Crippen molar-refractivity contribution in [1.82, 2.24) is 19.4 Å². The van der Waals surface area contributed by atoms with Crippen molar-refractivity contribution in [2.75, 3.05) is 20.8 Å². The number of fused-ring (bicyclic) bond motifs is 1. The Morgan fingerprint density at radius 1 is 1.35 bits per heavy atom. The lowest BCUT2D eigenvalue weighted by Crippen LogP contribution is -2.41. The van der Waals surface area contributed by atoms with Crippen molar-refractivity contribution in [3.8, 4) is 5.88 Å². The van der Waals surface area contributed by atoms with Crippen LogP contribution in [0.1, 0.15) is 34.8 Å². The number of carbonyl (C=O) groups excluding carboxylic acids is 1. The lowest BCUT2D eigenvalue weighted by atomic mass is 10.1. The predicted molar refractivity (Wildman–Crippen MR) is 83.2 cm³/mol. The number of carbonyl (C=O) groups is 1. The van der Waals surface area contributed by atoms with Crippen LogP contribution in [0.2, 0.25) is 0 Å². The van der Waals surface area contributed by atoms with Crippen molar-refractivity contribution in [3.05, 3.63) is 41.6 Å². The average molecular weight is 316 g/mol. The van der Waals surface area contributed by atoms with Crippen LogP contribution in [-0.2, 0) is 17.9 Å². The first-order valence-corrected chi connectivity index (χ1v) is 7.50. The molecule has 1 unspecified atom stereocenters. The number of pyridine rings is 1. The summed E-state index contributed by atoms with van der Waals surface area (Å²) >= 11 is 0. The van der Waals surface area contributed by atoms with Gasteiger partial charge in [0.2, 0.25) is 5.88 Å². The molecule has 3 heterocycles. The molecule has 1 aliphatic rings. The van der Waals surface area contributed by atoms with Gasteiger partial charge in [-0.3, -0.25) is 4.79 Å². The number of aromatic nitrogens is 3. The van der Waals surface area contributed by atoms with E-state index in [1.54, 1.807) is 30.3 Å². The second-order valence-corrected chi connectivity index (χ2v) is 5.43. The maximum absolute atomic E-state index is 12.9. The fourth-order valence-electron chi connectivity index (χ4n) is 2.97. The van der Waals surface area contributed by atoms with E-state index in [1.807, 2.05) is 13.1 Å². The van der Waals surface area contributed by atoms with Gasteiger partial charge in [-0.15, -0.1) is 0 Å². The van der Waals surface area contributed by atoms with Crippen LogP contribution < -0.4 is 4.74 Å². The maximum atomic E-state index is 12.9. The summed E-state index contributed by atoms with van der Waals surface area (Å²) in [5.41, 5.74) is 1.50. The Hall–Kier alpha value is -2.41. The second kappa shape index (κ2) is 6.37.